The Morgan fingerprint density at radius 2 is 1.62 bits per heavy atom. The number of hydrogen-bond donors (Lipinski definition) is 1. The van der Waals surface area contributed by atoms with Crippen molar-refractivity contribution in [1.82, 2.24) is 24.7 Å². The van der Waals surface area contributed by atoms with Gasteiger partial charge in [0.05, 0.1) is 30.7 Å². The zero-order chi connectivity index (χ0) is 24.6. The summed E-state index contributed by atoms with van der Waals surface area (Å²) in [6, 6.07) is 19.0. The van der Waals surface area contributed by atoms with E-state index in [4.69, 9.17) is 12.2 Å². The molecule has 0 unspecified atom stereocenters. The third kappa shape index (κ3) is 7.12. The molecule has 2 aromatic carbocycles. The summed E-state index contributed by atoms with van der Waals surface area (Å²) < 4.78 is 28.7. The number of rotatable bonds is 11. The third-order valence-electron chi connectivity index (χ3n) is 5.35. The molecule has 1 N–H and O–H groups in total. The smallest absolute Gasteiger partial charge is 0.228 e. The molecule has 9 heteroatoms. The van der Waals surface area contributed by atoms with Crippen LogP contribution in [-0.2, 0) is 28.7 Å². The molecule has 7 nitrogen and oxygen atoms in total. The van der Waals surface area contributed by atoms with Crippen LogP contribution in [0.2, 0.25) is 0 Å². The zero-order valence-corrected chi connectivity index (χ0v) is 21.6. The molecular weight excluding hydrogens is 466 g/mol. The Hall–Kier alpha value is -2.75. The van der Waals surface area contributed by atoms with Gasteiger partial charge in [-0.15, -0.1) is 0 Å². The van der Waals surface area contributed by atoms with Gasteiger partial charge in [0.15, 0.2) is 5.11 Å². The lowest BCUT2D eigenvalue weighted by Gasteiger charge is -2.27. The minimum Gasteiger partial charge on any atom is -0.363 e. The summed E-state index contributed by atoms with van der Waals surface area (Å²) in [6.07, 6.45) is 1.66. The molecule has 0 atom stereocenters. The Bertz CT molecular complexity index is 1160. The average Bonchev–Trinajstić information content (AvgIpc) is 3.20. The minimum absolute atomic E-state index is 0.0807. The quantitative estimate of drug-likeness (QED) is 0.407. The van der Waals surface area contributed by atoms with E-state index in [1.807, 2.05) is 86.2 Å². The summed E-state index contributed by atoms with van der Waals surface area (Å²) in [5.74, 6) is -0.0980. The first-order chi connectivity index (χ1) is 16.3. The first kappa shape index (κ1) is 25.9. The van der Waals surface area contributed by atoms with Crippen molar-refractivity contribution in [3.63, 3.8) is 0 Å². The van der Waals surface area contributed by atoms with Crippen molar-refractivity contribution in [1.29, 1.82) is 0 Å². The highest BCUT2D eigenvalue weighted by Gasteiger charge is 2.25. The SMILES string of the molecule is CCNC(=S)N(CCN(C)C)Cc1cnc(S(=O)(=O)Cc2ccccc2)n1Cc1ccccc1. The van der Waals surface area contributed by atoms with Crippen molar-refractivity contribution in [2.75, 3.05) is 33.7 Å². The number of nitrogens with zero attached hydrogens (tertiary/aromatic N) is 4. The van der Waals surface area contributed by atoms with Crippen molar-refractivity contribution < 1.29 is 8.42 Å². The first-order valence-electron chi connectivity index (χ1n) is 11.3. The molecule has 0 radical (unpaired) electrons. The fraction of sp³-hybridized carbons (Fsp3) is 0.360. The van der Waals surface area contributed by atoms with E-state index >= 15 is 0 Å². The Kier molecular flexibility index (Phi) is 9.20. The fourth-order valence-corrected chi connectivity index (χ4v) is 5.38. The zero-order valence-electron chi connectivity index (χ0n) is 20.0. The molecule has 0 aliphatic heterocycles. The lowest BCUT2D eigenvalue weighted by molar-refractivity contribution is 0.317. The minimum atomic E-state index is -3.66. The molecule has 34 heavy (non-hydrogen) atoms. The predicted molar refractivity (Wildman–Crippen MR) is 140 cm³/mol. The second-order valence-electron chi connectivity index (χ2n) is 8.41. The van der Waals surface area contributed by atoms with Gasteiger partial charge in [0.25, 0.3) is 0 Å². The van der Waals surface area contributed by atoms with E-state index in [2.05, 4.69) is 20.1 Å². The van der Waals surface area contributed by atoms with Crippen molar-refractivity contribution in [2.24, 2.45) is 0 Å². The molecule has 0 saturated heterocycles. The van der Waals surface area contributed by atoms with Crippen LogP contribution in [0.1, 0.15) is 23.7 Å². The van der Waals surface area contributed by atoms with Gasteiger partial charge in [-0.3, -0.25) is 0 Å². The average molecular weight is 500 g/mol. The fourth-order valence-electron chi connectivity index (χ4n) is 3.59. The number of imidazole rings is 1. The molecule has 1 aromatic heterocycles. The number of hydrogen-bond acceptors (Lipinski definition) is 5. The van der Waals surface area contributed by atoms with E-state index in [-0.39, 0.29) is 10.9 Å². The highest BCUT2D eigenvalue weighted by molar-refractivity contribution is 7.90. The number of benzene rings is 2. The van der Waals surface area contributed by atoms with E-state index in [9.17, 15) is 8.42 Å². The lowest BCUT2D eigenvalue weighted by atomic mass is 10.2. The van der Waals surface area contributed by atoms with Gasteiger partial charge in [-0.25, -0.2) is 13.4 Å². The summed E-state index contributed by atoms with van der Waals surface area (Å²) in [5, 5.41) is 3.94. The van der Waals surface area contributed by atoms with Crippen LogP contribution >= 0.6 is 12.2 Å². The van der Waals surface area contributed by atoms with Gasteiger partial charge < -0.3 is 19.7 Å². The number of thiocarbonyl (C=S) groups is 1. The second-order valence-corrected chi connectivity index (χ2v) is 10.7. The first-order valence-corrected chi connectivity index (χ1v) is 13.4. The molecule has 0 aliphatic carbocycles. The molecular formula is C25H33N5O2S2. The highest BCUT2D eigenvalue weighted by Crippen LogP contribution is 2.20. The van der Waals surface area contributed by atoms with Crippen LogP contribution in [0.4, 0.5) is 0 Å². The summed E-state index contributed by atoms with van der Waals surface area (Å²) in [5.41, 5.74) is 2.54. The normalized spacial score (nSPS) is 11.5. The van der Waals surface area contributed by atoms with Crippen LogP contribution in [0.5, 0.6) is 0 Å². The van der Waals surface area contributed by atoms with E-state index in [0.717, 1.165) is 29.9 Å². The topological polar surface area (TPSA) is 70.5 Å². The van der Waals surface area contributed by atoms with Crippen molar-refractivity contribution in [2.45, 2.75) is 30.9 Å². The van der Waals surface area contributed by atoms with Gasteiger partial charge in [-0.05, 0) is 44.4 Å². The van der Waals surface area contributed by atoms with Crippen LogP contribution in [0.25, 0.3) is 0 Å². The molecule has 0 fully saturated rings. The van der Waals surface area contributed by atoms with Crippen LogP contribution in [0, 0.1) is 0 Å². The molecule has 1 heterocycles. The maximum Gasteiger partial charge on any atom is 0.228 e. The Morgan fingerprint density at radius 3 is 2.21 bits per heavy atom. The summed E-state index contributed by atoms with van der Waals surface area (Å²) in [7, 11) is 0.374. The number of likely N-dealkylation sites (N-methyl/N-ethyl adjacent to an activating group) is 1. The van der Waals surface area contributed by atoms with Crippen LogP contribution in [0.3, 0.4) is 0 Å². The van der Waals surface area contributed by atoms with Crippen molar-refractivity contribution in [3.05, 3.63) is 83.7 Å². The van der Waals surface area contributed by atoms with E-state index < -0.39 is 9.84 Å². The molecule has 0 amide bonds. The highest BCUT2D eigenvalue weighted by atomic mass is 32.2. The van der Waals surface area contributed by atoms with Gasteiger partial charge in [0.1, 0.15) is 0 Å². The van der Waals surface area contributed by atoms with Gasteiger partial charge in [-0.2, -0.15) is 0 Å². The van der Waals surface area contributed by atoms with Crippen molar-refractivity contribution >= 4 is 27.2 Å². The molecule has 3 aromatic rings. The van der Waals surface area contributed by atoms with Crippen LogP contribution in [0.15, 0.2) is 72.0 Å². The predicted octanol–water partition coefficient (Wildman–Crippen LogP) is 3.16. The molecule has 0 spiro atoms. The third-order valence-corrected chi connectivity index (χ3v) is 7.35. The maximum absolute atomic E-state index is 13.4. The number of sulfone groups is 1. The Balaban J connectivity index is 1.97. The lowest BCUT2D eigenvalue weighted by Crippen LogP contribution is -2.42. The van der Waals surface area contributed by atoms with E-state index in [0.29, 0.717) is 24.7 Å². The monoisotopic (exact) mass is 499 g/mol. The van der Waals surface area contributed by atoms with E-state index in [1.54, 1.807) is 6.20 Å². The van der Waals surface area contributed by atoms with Crippen LogP contribution < -0.4 is 5.32 Å². The number of aromatic nitrogens is 2. The molecule has 3 rings (SSSR count). The van der Waals surface area contributed by atoms with Crippen molar-refractivity contribution in [3.8, 4) is 0 Å². The van der Waals surface area contributed by atoms with Gasteiger partial charge in [0.2, 0.25) is 15.0 Å². The Labute approximate surface area is 208 Å². The number of nitrogens with one attached hydrogen (secondary N) is 1. The summed E-state index contributed by atoms with van der Waals surface area (Å²) >= 11 is 5.61. The standard InChI is InChI=1S/C25H33N5O2S2/c1-4-26-24(33)29(16-15-28(2)3)19-23-17-27-25(30(23)18-21-11-7-5-8-12-21)34(31,32)20-22-13-9-6-10-14-22/h5-14,17H,4,15-16,18-20H2,1-3H3,(H,26,33). The molecule has 0 saturated carbocycles. The summed E-state index contributed by atoms with van der Waals surface area (Å²) in [4.78, 5) is 8.56. The van der Waals surface area contributed by atoms with Gasteiger partial charge in [-0.1, -0.05) is 60.7 Å². The van der Waals surface area contributed by atoms with Gasteiger partial charge in [0, 0.05) is 19.6 Å². The van der Waals surface area contributed by atoms with Crippen LogP contribution in [-0.4, -0.2) is 66.6 Å². The molecule has 0 bridgehead atoms. The van der Waals surface area contributed by atoms with Gasteiger partial charge >= 0.3 is 0 Å². The molecule has 0 aliphatic rings. The Morgan fingerprint density at radius 1 is 1.00 bits per heavy atom. The van der Waals surface area contributed by atoms with E-state index in [1.165, 1.54) is 0 Å². The maximum atomic E-state index is 13.4. The molecule has 182 valence electrons. The largest absolute Gasteiger partial charge is 0.363 e. The second kappa shape index (κ2) is 12.1. The summed E-state index contributed by atoms with van der Waals surface area (Å²) in [6.45, 7) is 5.12.